The van der Waals surface area contributed by atoms with Gasteiger partial charge >= 0.3 is 0 Å². The molecule has 0 spiro atoms. The van der Waals surface area contributed by atoms with E-state index in [0.717, 1.165) is 32.8 Å². The normalized spacial score (nSPS) is 10.9. The zero-order valence-corrected chi connectivity index (χ0v) is 14.7. The molecule has 0 atom stereocenters. The van der Waals surface area contributed by atoms with Crippen molar-refractivity contribution in [3.05, 3.63) is 70.3 Å². The summed E-state index contributed by atoms with van der Waals surface area (Å²) in [6, 6.07) is 15.6. The fourth-order valence-corrected chi connectivity index (χ4v) is 3.72. The number of hydrogen-bond acceptors (Lipinski definition) is 4. The average Bonchev–Trinajstić information content (AvgIpc) is 3.04. The average molecular weight is 372 g/mol. The summed E-state index contributed by atoms with van der Waals surface area (Å²) < 4.78 is 0. The van der Waals surface area contributed by atoms with E-state index in [0.29, 0.717) is 10.0 Å². The molecule has 6 heteroatoms. The molecule has 0 aliphatic heterocycles. The third kappa shape index (κ3) is 2.84. The number of aromatic nitrogens is 2. The van der Waals surface area contributed by atoms with Gasteiger partial charge in [-0.1, -0.05) is 53.5 Å². The van der Waals surface area contributed by atoms with E-state index >= 15 is 0 Å². The van der Waals surface area contributed by atoms with Crippen molar-refractivity contribution in [3.8, 4) is 11.1 Å². The van der Waals surface area contributed by atoms with Crippen LogP contribution in [0, 0.1) is 0 Å². The molecule has 4 aromatic rings. The number of fused-ring (bicyclic) bond motifs is 1. The summed E-state index contributed by atoms with van der Waals surface area (Å²) in [6.07, 6.45) is 1.56. The number of hydrogen-bond donors (Lipinski definition) is 1. The molecule has 0 aliphatic carbocycles. The summed E-state index contributed by atoms with van der Waals surface area (Å²) in [7, 11) is 0. The number of anilines is 2. The van der Waals surface area contributed by atoms with E-state index in [1.54, 1.807) is 29.8 Å². The van der Waals surface area contributed by atoms with Crippen LogP contribution in [0.25, 0.3) is 21.3 Å². The van der Waals surface area contributed by atoms with Gasteiger partial charge in [-0.25, -0.2) is 9.97 Å². The Kier molecular flexibility index (Phi) is 4.10. The predicted octanol–water partition coefficient (Wildman–Crippen LogP) is 6.41. The molecule has 0 saturated heterocycles. The van der Waals surface area contributed by atoms with Crippen molar-refractivity contribution in [2.75, 3.05) is 5.32 Å². The summed E-state index contributed by atoms with van der Waals surface area (Å²) in [5.41, 5.74) is 3.07. The maximum absolute atomic E-state index is 6.10. The second-order valence-electron chi connectivity index (χ2n) is 5.17. The maximum Gasteiger partial charge on any atom is 0.143 e. The van der Waals surface area contributed by atoms with Crippen molar-refractivity contribution in [1.29, 1.82) is 0 Å². The van der Waals surface area contributed by atoms with E-state index in [2.05, 4.69) is 32.8 Å². The van der Waals surface area contributed by atoms with Gasteiger partial charge in [-0.05, 0) is 23.8 Å². The molecule has 2 heterocycles. The molecule has 0 bridgehead atoms. The summed E-state index contributed by atoms with van der Waals surface area (Å²) >= 11 is 13.7. The molecule has 118 valence electrons. The molecule has 0 unspecified atom stereocenters. The number of benzene rings is 2. The SMILES string of the molecule is Clc1ccc(Nc2ncnc3scc(-c4ccccc4)c23)cc1Cl. The summed E-state index contributed by atoms with van der Waals surface area (Å²) in [4.78, 5) is 9.74. The van der Waals surface area contributed by atoms with E-state index in [1.807, 2.05) is 24.3 Å². The Bertz CT molecular complexity index is 1020. The molecule has 1 N–H and O–H groups in total. The van der Waals surface area contributed by atoms with Crippen LogP contribution in [0.1, 0.15) is 0 Å². The van der Waals surface area contributed by atoms with E-state index in [9.17, 15) is 0 Å². The van der Waals surface area contributed by atoms with Gasteiger partial charge in [0.1, 0.15) is 17.0 Å². The highest BCUT2D eigenvalue weighted by Gasteiger charge is 2.13. The highest BCUT2D eigenvalue weighted by Crippen LogP contribution is 2.37. The monoisotopic (exact) mass is 371 g/mol. The first-order valence-corrected chi connectivity index (χ1v) is 8.85. The Labute approximate surface area is 152 Å². The summed E-state index contributed by atoms with van der Waals surface area (Å²) in [5.74, 6) is 0.749. The quantitative estimate of drug-likeness (QED) is 0.452. The zero-order valence-electron chi connectivity index (χ0n) is 12.3. The minimum atomic E-state index is 0.501. The van der Waals surface area contributed by atoms with Gasteiger partial charge in [0.05, 0.1) is 15.4 Å². The van der Waals surface area contributed by atoms with Gasteiger partial charge in [-0.2, -0.15) is 0 Å². The van der Waals surface area contributed by atoms with Crippen LogP contribution in [-0.2, 0) is 0 Å². The minimum Gasteiger partial charge on any atom is -0.340 e. The Hall–Kier alpha value is -2.14. The first-order valence-electron chi connectivity index (χ1n) is 7.22. The Morgan fingerprint density at radius 2 is 1.75 bits per heavy atom. The lowest BCUT2D eigenvalue weighted by Gasteiger charge is -2.09. The molecular weight excluding hydrogens is 361 g/mol. The van der Waals surface area contributed by atoms with Crippen molar-refractivity contribution >= 4 is 56.3 Å². The van der Waals surface area contributed by atoms with Gasteiger partial charge < -0.3 is 5.32 Å². The molecule has 0 aliphatic rings. The molecule has 24 heavy (non-hydrogen) atoms. The minimum absolute atomic E-state index is 0.501. The number of nitrogens with one attached hydrogen (secondary N) is 1. The largest absolute Gasteiger partial charge is 0.340 e. The number of thiophene rings is 1. The summed E-state index contributed by atoms with van der Waals surface area (Å²) in [5, 5.41) is 7.45. The Balaban J connectivity index is 1.83. The van der Waals surface area contributed by atoms with Crippen molar-refractivity contribution in [3.63, 3.8) is 0 Å². The fourth-order valence-electron chi connectivity index (χ4n) is 2.51. The van der Waals surface area contributed by atoms with Crippen molar-refractivity contribution in [2.24, 2.45) is 0 Å². The molecule has 2 aromatic carbocycles. The first kappa shape index (κ1) is 15.4. The predicted molar refractivity (Wildman–Crippen MR) is 103 cm³/mol. The van der Waals surface area contributed by atoms with Gasteiger partial charge in [-0.3, -0.25) is 0 Å². The standard InChI is InChI=1S/C18H11Cl2N3S/c19-14-7-6-12(8-15(14)20)23-17-16-13(11-4-2-1-3-5-11)9-24-18(16)22-10-21-17/h1-10H,(H,21,22,23). The van der Waals surface area contributed by atoms with E-state index in [1.165, 1.54) is 0 Å². The van der Waals surface area contributed by atoms with Crippen molar-refractivity contribution in [1.82, 2.24) is 9.97 Å². The lowest BCUT2D eigenvalue weighted by molar-refractivity contribution is 1.23. The van der Waals surface area contributed by atoms with Crippen molar-refractivity contribution in [2.45, 2.75) is 0 Å². The Morgan fingerprint density at radius 1 is 0.917 bits per heavy atom. The van der Waals surface area contributed by atoms with Gasteiger partial charge in [0.25, 0.3) is 0 Å². The fraction of sp³-hybridized carbons (Fsp3) is 0. The lowest BCUT2D eigenvalue weighted by Crippen LogP contribution is -1.95. The van der Waals surface area contributed by atoms with Crippen LogP contribution < -0.4 is 5.32 Å². The van der Waals surface area contributed by atoms with Gasteiger partial charge in [0.2, 0.25) is 0 Å². The van der Waals surface area contributed by atoms with Crippen LogP contribution in [-0.4, -0.2) is 9.97 Å². The highest BCUT2D eigenvalue weighted by atomic mass is 35.5. The topological polar surface area (TPSA) is 37.8 Å². The molecule has 2 aromatic heterocycles. The second-order valence-corrected chi connectivity index (χ2v) is 6.84. The van der Waals surface area contributed by atoms with Crippen LogP contribution in [0.5, 0.6) is 0 Å². The number of halogens is 2. The maximum atomic E-state index is 6.10. The van der Waals surface area contributed by atoms with E-state index in [4.69, 9.17) is 23.2 Å². The highest BCUT2D eigenvalue weighted by molar-refractivity contribution is 7.17. The Morgan fingerprint density at radius 3 is 2.54 bits per heavy atom. The van der Waals surface area contributed by atoms with Crippen LogP contribution in [0.15, 0.2) is 60.2 Å². The van der Waals surface area contributed by atoms with Crippen LogP contribution in [0.2, 0.25) is 10.0 Å². The van der Waals surface area contributed by atoms with E-state index in [-0.39, 0.29) is 0 Å². The van der Waals surface area contributed by atoms with Gasteiger partial charge in [0.15, 0.2) is 0 Å². The number of nitrogens with zero attached hydrogens (tertiary/aromatic N) is 2. The van der Waals surface area contributed by atoms with Gasteiger partial charge in [-0.15, -0.1) is 11.3 Å². The molecular formula is C18H11Cl2N3S. The lowest BCUT2D eigenvalue weighted by atomic mass is 10.1. The second kappa shape index (κ2) is 6.40. The number of rotatable bonds is 3. The zero-order chi connectivity index (χ0) is 16.5. The molecule has 0 fully saturated rings. The van der Waals surface area contributed by atoms with Crippen LogP contribution in [0.4, 0.5) is 11.5 Å². The van der Waals surface area contributed by atoms with Crippen LogP contribution >= 0.6 is 34.5 Å². The summed E-state index contributed by atoms with van der Waals surface area (Å²) in [6.45, 7) is 0. The molecule has 0 saturated carbocycles. The van der Waals surface area contributed by atoms with E-state index < -0.39 is 0 Å². The van der Waals surface area contributed by atoms with Crippen molar-refractivity contribution < 1.29 is 0 Å². The molecule has 0 radical (unpaired) electrons. The van der Waals surface area contributed by atoms with Crippen LogP contribution in [0.3, 0.4) is 0 Å². The smallest absolute Gasteiger partial charge is 0.143 e. The van der Waals surface area contributed by atoms with Gasteiger partial charge in [0, 0.05) is 16.6 Å². The third-order valence-corrected chi connectivity index (χ3v) is 5.26. The third-order valence-electron chi connectivity index (χ3n) is 3.64. The molecule has 4 rings (SSSR count). The molecule has 3 nitrogen and oxygen atoms in total. The molecule has 0 amide bonds. The first-order chi connectivity index (χ1) is 11.7.